The van der Waals surface area contributed by atoms with Gasteiger partial charge in [-0.25, -0.2) is 0 Å². The van der Waals surface area contributed by atoms with Crippen LogP contribution in [0.1, 0.15) is 93.9 Å². The summed E-state index contributed by atoms with van der Waals surface area (Å²) in [6.07, 6.45) is 10.4. The number of fused-ring (bicyclic) bond motifs is 3. The summed E-state index contributed by atoms with van der Waals surface area (Å²) in [7, 11) is 0. The minimum atomic E-state index is 0. The van der Waals surface area contributed by atoms with Gasteiger partial charge in [-0.05, 0) is 70.7 Å². The molecule has 0 amide bonds. The average molecular weight is 753 g/mol. The van der Waals surface area contributed by atoms with Gasteiger partial charge in [0.2, 0.25) is 0 Å². The van der Waals surface area contributed by atoms with Gasteiger partial charge >= 0.3 is 0 Å². The second-order valence-corrected chi connectivity index (χ2v) is 13.9. The van der Waals surface area contributed by atoms with Gasteiger partial charge in [-0.1, -0.05) is 95.0 Å². The first kappa shape index (κ1) is 30.6. The van der Waals surface area contributed by atoms with Crippen LogP contribution in [0.5, 0.6) is 0 Å². The Balaban J connectivity index is 0.000000157. The molecule has 2 bridgehead atoms. The predicted octanol–water partition coefficient (Wildman–Crippen LogP) is 10.5. The van der Waals surface area contributed by atoms with Crippen LogP contribution in [0.15, 0.2) is 97.3 Å². The van der Waals surface area contributed by atoms with Crippen LogP contribution in [0, 0.1) is 12.1 Å². The maximum Gasteiger partial charge on any atom is 0.0166 e. The summed E-state index contributed by atoms with van der Waals surface area (Å²) in [5.41, 5.74) is 13.2. The molecule has 0 atom stereocenters. The first-order valence-electron chi connectivity index (χ1n) is 15.8. The molecule has 3 aromatic carbocycles. The fraction of sp³-hybridized carbons (Fsp3) is 0.317. The fourth-order valence-corrected chi connectivity index (χ4v) is 8.05. The van der Waals surface area contributed by atoms with Crippen LogP contribution < -0.4 is 0 Å². The molecule has 0 N–H and O–H groups in total. The summed E-state index contributed by atoms with van der Waals surface area (Å²) < 4.78 is 0. The number of hydrogen-bond acceptors (Lipinski definition) is 2. The first-order chi connectivity index (χ1) is 20.8. The largest absolute Gasteiger partial charge is 0.305 e. The molecule has 0 saturated heterocycles. The smallest absolute Gasteiger partial charge is 0.0166 e. The SMILES string of the molecule is CC1(C)CC(C)(C)c2cc(-c3ccccn3)[c-]cc21.[Ir].[c-]1cc2c(cc1-c1cc(-c3ccccc3)ccn1)C1CCC2CC1. The molecule has 9 rings (SSSR count). The van der Waals surface area contributed by atoms with E-state index in [1.165, 1.54) is 54.4 Å². The van der Waals surface area contributed by atoms with E-state index in [4.69, 9.17) is 0 Å². The zero-order valence-corrected chi connectivity index (χ0v) is 28.6. The molecule has 2 nitrogen and oxygen atoms in total. The van der Waals surface area contributed by atoms with Gasteiger partial charge in [-0.2, -0.15) is 0 Å². The molecule has 0 aliphatic heterocycles. The third kappa shape index (κ3) is 5.85. The van der Waals surface area contributed by atoms with Crippen molar-refractivity contribution >= 4 is 0 Å². The molecule has 1 fully saturated rings. The Kier molecular flexibility index (Phi) is 8.48. The molecular weight excluding hydrogens is 713 g/mol. The van der Waals surface area contributed by atoms with Gasteiger partial charge in [0.25, 0.3) is 0 Å². The number of benzene rings is 3. The zero-order chi connectivity index (χ0) is 29.6. The normalized spacial score (nSPS) is 20.0. The third-order valence-corrected chi connectivity index (χ3v) is 10.0. The topological polar surface area (TPSA) is 25.8 Å². The molecule has 44 heavy (non-hydrogen) atoms. The van der Waals surface area contributed by atoms with Crippen molar-refractivity contribution in [3.63, 3.8) is 0 Å². The second-order valence-electron chi connectivity index (χ2n) is 13.9. The number of aromatic nitrogens is 2. The van der Waals surface area contributed by atoms with Crippen molar-refractivity contribution in [1.29, 1.82) is 0 Å². The van der Waals surface area contributed by atoms with E-state index in [9.17, 15) is 0 Å². The maximum absolute atomic E-state index is 4.61. The van der Waals surface area contributed by atoms with E-state index in [0.29, 0.717) is 0 Å². The Hall–Kier alpha value is -3.39. The van der Waals surface area contributed by atoms with Gasteiger partial charge in [0, 0.05) is 32.5 Å². The number of hydrogen-bond donors (Lipinski definition) is 0. The van der Waals surface area contributed by atoms with Crippen LogP contribution in [0.4, 0.5) is 0 Å². The number of pyridine rings is 2. The summed E-state index contributed by atoms with van der Waals surface area (Å²) >= 11 is 0. The predicted molar refractivity (Wildman–Crippen MR) is 177 cm³/mol. The van der Waals surface area contributed by atoms with E-state index in [2.05, 4.69) is 117 Å². The van der Waals surface area contributed by atoms with Crippen molar-refractivity contribution in [2.45, 2.75) is 82.5 Å². The summed E-state index contributed by atoms with van der Waals surface area (Å²) in [5.74, 6) is 1.54. The van der Waals surface area contributed by atoms with E-state index >= 15 is 0 Å². The number of rotatable bonds is 3. The van der Waals surface area contributed by atoms with Gasteiger partial charge < -0.3 is 9.97 Å². The van der Waals surface area contributed by atoms with Crippen molar-refractivity contribution in [2.75, 3.05) is 0 Å². The molecule has 1 radical (unpaired) electrons. The molecule has 5 aromatic rings. The van der Waals surface area contributed by atoms with Crippen LogP contribution in [-0.2, 0) is 30.9 Å². The van der Waals surface area contributed by atoms with Gasteiger partial charge in [-0.15, -0.1) is 69.8 Å². The zero-order valence-electron chi connectivity index (χ0n) is 26.2. The van der Waals surface area contributed by atoms with Crippen LogP contribution in [0.25, 0.3) is 33.6 Å². The average Bonchev–Trinajstić information content (AvgIpc) is 3.25. The van der Waals surface area contributed by atoms with Crippen LogP contribution >= 0.6 is 0 Å². The molecule has 4 aliphatic carbocycles. The molecule has 225 valence electrons. The van der Waals surface area contributed by atoms with Crippen LogP contribution in [-0.4, -0.2) is 9.97 Å². The van der Waals surface area contributed by atoms with E-state index in [1.54, 1.807) is 11.1 Å². The van der Waals surface area contributed by atoms with Gasteiger partial charge in [0.1, 0.15) is 0 Å². The van der Waals surface area contributed by atoms with Crippen molar-refractivity contribution in [3.05, 3.63) is 132 Å². The standard InChI is InChI=1S/C23H20N.C18H20N.Ir/c1-2-4-16(5-3-1)19-12-13-24-23(15-19)20-10-11-21-17-6-8-18(9-7-17)22(21)14-20;1-17(2)12-18(3,4)15-11-13(8-9-14(15)17)16-7-5-6-10-19-16;/h1-5,11-15,17-18H,6-9H2;5-7,9-11H,12H2,1-4H3;/q2*-1;. The summed E-state index contributed by atoms with van der Waals surface area (Å²) in [6.45, 7) is 9.33. The minimum absolute atomic E-state index is 0. The molecule has 2 aromatic heterocycles. The minimum Gasteiger partial charge on any atom is -0.305 e. The summed E-state index contributed by atoms with van der Waals surface area (Å²) in [5, 5.41) is 0. The fourth-order valence-electron chi connectivity index (χ4n) is 8.05. The molecule has 3 heteroatoms. The molecular formula is C41H40IrN2-2. The molecule has 0 spiro atoms. The first-order valence-corrected chi connectivity index (χ1v) is 15.8. The van der Waals surface area contributed by atoms with E-state index in [1.807, 2.05) is 30.6 Å². The van der Waals surface area contributed by atoms with E-state index in [0.717, 1.165) is 34.4 Å². The molecule has 4 aliphatic rings. The maximum atomic E-state index is 4.61. The van der Waals surface area contributed by atoms with Crippen molar-refractivity contribution < 1.29 is 20.1 Å². The Morgan fingerprint density at radius 3 is 1.95 bits per heavy atom. The Bertz CT molecular complexity index is 1750. The molecule has 0 unspecified atom stereocenters. The van der Waals surface area contributed by atoms with Gasteiger partial charge in [0.05, 0.1) is 0 Å². The Morgan fingerprint density at radius 1 is 0.591 bits per heavy atom. The summed E-state index contributed by atoms with van der Waals surface area (Å²) in [6, 6.07) is 36.8. The van der Waals surface area contributed by atoms with Crippen molar-refractivity contribution in [1.82, 2.24) is 9.97 Å². The number of nitrogens with zero attached hydrogens (tertiary/aromatic N) is 2. The van der Waals surface area contributed by atoms with Crippen molar-refractivity contribution in [3.8, 4) is 33.6 Å². The third-order valence-electron chi connectivity index (χ3n) is 10.0. The summed E-state index contributed by atoms with van der Waals surface area (Å²) in [4.78, 5) is 9.04. The van der Waals surface area contributed by atoms with Crippen LogP contribution in [0.3, 0.4) is 0 Å². The van der Waals surface area contributed by atoms with Crippen molar-refractivity contribution in [2.24, 2.45) is 0 Å². The second kappa shape index (κ2) is 12.2. The quantitative estimate of drug-likeness (QED) is 0.172. The molecule has 2 heterocycles. The van der Waals surface area contributed by atoms with Gasteiger partial charge in [-0.3, -0.25) is 0 Å². The van der Waals surface area contributed by atoms with E-state index < -0.39 is 0 Å². The monoisotopic (exact) mass is 753 g/mol. The van der Waals surface area contributed by atoms with Crippen LogP contribution in [0.2, 0.25) is 0 Å². The molecule has 1 saturated carbocycles. The Labute approximate surface area is 276 Å². The van der Waals surface area contributed by atoms with Gasteiger partial charge in [0.15, 0.2) is 0 Å². The Morgan fingerprint density at radius 2 is 1.23 bits per heavy atom. The van der Waals surface area contributed by atoms with E-state index in [-0.39, 0.29) is 30.9 Å².